The van der Waals surface area contributed by atoms with Crippen molar-refractivity contribution >= 4 is 38.5 Å². The molecule has 0 amide bonds. The Balaban J connectivity index is 1.26. The zero-order valence-electron chi connectivity index (χ0n) is 21.0. The summed E-state index contributed by atoms with van der Waals surface area (Å²) >= 11 is 0. The number of carboxylic acids is 1. The van der Waals surface area contributed by atoms with Crippen LogP contribution in [0.1, 0.15) is 22.5 Å². The lowest BCUT2D eigenvalue weighted by atomic mass is 9.99. The predicted molar refractivity (Wildman–Crippen MR) is 143 cm³/mol. The number of rotatable bonds is 7. The topological polar surface area (TPSA) is 115 Å². The fraction of sp³-hybridized carbons (Fsp3) is 0.286. The van der Waals surface area contributed by atoms with Crippen molar-refractivity contribution in [1.82, 2.24) is 4.57 Å². The van der Waals surface area contributed by atoms with Crippen molar-refractivity contribution in [3.05, 3.63) is 83.8 Å². The van der Waals surface area contributed by atoms with E-state index in [9.17, 15) is 23.1 Å². The van der Waals surface area contributed by atoms with Crippen LogP contribution in [0.3, 0.4) is 0 Å². The molecule has 2 aliphatic rings. The zero-order valence-corrected chi connectivity index (χ0v) is 21.8. The highest BCUT2D eigenvalue weighted by Crippen LogP contribution is 2.35. The van der Waals surface area contributed by atoms with Crippen LogP contribution in [0.2, 0.25) is 0 Å². The van der Waals surface area contributed by atoms with E-state index >= 15 is 0 Å². The number of hydrogen-bond acceptors (Lipinski definition) is 6. The number of nitrogens with zero attached hydrogens (tertiary/aromatic N) is 2. The number of aryl methyl sites for hydroxylation is 1. The molecule has 0 bridgehead atoms. The number of hydrogen-bond donors (Lipinski definition) is 1. The minimum atomic E-state index is -3.48. The molecule has 1 aromatic heterocycles. The number of allylic oxidation sites excluding steroid dienone is 3. The molecule has 1 aliphatic heterocycles. The number of benzene rings is 2. The Kier molecular flexibility index (Phi) is 6.75. The van der Waals surface area contributed by atoms with E-state index in [1.807, 2.05) is 25.1 Å². The second-order valence-corrected chi connectivity index (χ2v) is 11.4. The molecule has 1 N–H and O–H groups in total. The van der Waals surface area contributed by atoms with Crippen LogP contribution in [0.25, 0.3) is 10.9 Å². The van der Waals surface area contributed by atoms with Crippen molar-refractivity contribution in [2.45, 2.75) is 25.9 Å². The van der Waals surface area contributed by atoms with E-state index in [-0.39, 0.29) is 25.5 Å². The summed E-state index contributed by atoms with van der Waals surface area (Å²) in [4.78, 5) is 24.7. The summed E-state index contributed by atoms with van der Waals surface area (Å²) in [6, 6.07) is 14.2. The first-order valence-electron chi connectivity index (χ1n) is 12.2. The summed E-state index contributed by atoms with van der Waals surface area (Å²) in [7, 11) is -3.48. The Labute approximate surface area is 220 Å². The van der Waals surface area contributed by atoms with Gasteiger partial charge in [-0.3, -0.25) is 18.5 Å². The summed E-state index contributed by atoms with van der Waals surface area (Å²) in [6.45, 7) is 2.11. The van der Waals surface area contributed by atoms with Crippen molar-refractivity contribution in [2.24, 2.45) is 5.92 Å². The second-order valence-electron chi connectivity index (χ2n) is 9.50. The maximum absolute atomic E-state index is 13.4. The van der Waals surface area contributed by atoms with Crippen LogP contribution in [0.5, 0.6) is 5.75 Å². The lowest BCUT2D eigenvalue weighted by Gasteiger charge is -2.34. The standard InChI is InChI=1S/C28H28N2O7S/c1-18-14-23-20(15-27(31)32)6-5-8-24(23)30(18)28(33)19-10-12-21(13-11-19)36-17-22-16-29(38(2,34)35)25-7-3-4-9-26(25)37-22/h3-10,12-14,19,22H,11,15-17H2,1-2H3,(H,31,32). The first kappa shape index (κ1) is 25.6. The number of carboxylic acid groups (broad SMARTS) is 1. The molecule has 9 nitrogen and oxygen atoms in total. The maximum Gasteiger partial charge on any atom is 0.307 e. The van der Waals surface area contributed by atoms with E-state index in [2.05, 4.69) is 0 Å². The van der Waals surface area contributed by atoms with Crippen LogP contribution in [0.4, 0.5) is 5.69 Å². The molecule has 0 radical (unpaired) electrons. The van der Waals surface area contributed by atoms with Gasteiger partial charge in [0.25, 0.3) is 0 Å². The van der Waals surface area contributed by atoms with Gasteiger partial charge in [0.15, 0.2) is 6.10 Å². The van der Waals surface area contributed by atoms with Gasteiger partial charge in [0.05, 0.1) is 36.3 Å². The fourth-order valence-electron chi connectivity index (χ4n) is 4.94. The SMILES string of the molecule is Cc1cc2c(CC(=O)O)cccc2n1C(=O)C1C=CC(OCC2CN(S(C)(=O)=O)c3ccccc3O2)=CC1. The van der Waals surface area contributed by atoms with E-state index in [1.165, 1.54) is 10.6 Å². The number of carbonyl (C=O) groups is 2. The van der Waals surface area contributed by atoms with Gasteiger partial charge in [-0.25, -0.2) is 8.42 Å². The van der Waals surface area contributed by atoms with Gasteiger partial charge in [0.2, 0.25) is 15.9 Å². The van der Waals surface area contributed by atoms with Crippen LogP contribution in [-0.2, 0) is 26.0 Å². The van der Waals surface area contributed by atoms with Crippen LogP contribution in [0.15, 0.2) is 72.5 Å². The molecule has 2 atom stereocenters. The summed E-state index contributed by atoms with van der Waals surface area (Å²) < 4.78 is 39.5. The van der Waals surface area contributed by atoms with Crippen molar-refractivity contribution in [2.75, 3.05) is 23.7 Å². The highest BCUT2D eigenvalue weighted by atomic mass is 32.2. The Bertz CT molecular complexity index is 1590. The van der Waals surface area contributed by atoms with E-state index in [4.69, 9.17) is 9.47 Å². The van der Waals surface area contributed by atoms with Gasteiger partial charge in [-0.1, -0.05) is 30.3 Å². The van der Waals surface area contributed by atoms with Gasteiger partial charge in [-0.05, 0) is 55.3 Å². The number of anilines is 1. The molecule has 0 fully saturated rings. The first-order chi connectivity index (χ1) is 18.1. The second kappa shape index (κ2) is 10.0. The monoisotopic (exact) mass is 536 g/mol. The number of para-hydroxylation sites is 2. The quantitative estimate of drug-likeness (QED) is 0.487. The number of ether oxygens (including phenoxy) is 2. The first-order valence-corrected chi connectivity index (χ1v) is 14.1. The summed E-state index contributed by atoms with van der Waals surface area (Å²) in [5.41, 5.74) is 2.61. The molecule has 0 spiro atoms. The maximum atomic E-state index is 13.4. The zero-order chi connectivity index (χ0) is 27.0. The molecule has 0 saturated heterocycles. The van der Waals surface area contributed by atoms with Gasteiger partial charge in [0.1, 0.15) is 18.1 Å². The van der Waals surface area contributed by atoms with E-state index < -0.39 is 28.0 Å². The third-order valence-electron chi connectivity index (χ3n) is 6.70. The highest BCUT2D eigenvalue weighted by Gasteiger charge is 2.31. The molecule has 1 aliphatic carbocycles. The molecular weight excluding hydrogens is 508 g/mol. The van der Waals surface area contributed by atoms with Crippen molar-refractivity contribution < 1.29 is 32.6 Å². The van der Waals surface area contributed by atoms with E-state index in [0.717, 1.165) is 11.1 Å². The molecule has 2 aromatic carbocycles. The van der Waals surface area contributed by atoms with Gasteiger partial charge >= 0.3 is 5.97 Å². The lowest BCUT2D eigenvalue weighted by Crippen LogP contribution is -2.45. The molecular formula is C28H28N2O7S. The minimum absolute atomic E-state index is 0.104. The molecule has 198 valence electrons. The molecule has 2 unspecified atom stereocenters. The number of carbonyl (C=O) groups excluding carboxylic acids is 1. The number of aromatic nitrogens is 1. The molecule has 2 heterocycles. The summed E-state index contributed by atoms with van der Waals surface area (Å²) in [5, 5.41) is 9.98. The van der Waals surface area contributed by atoms with Crippen molar-refractivity contribution in [3.8, 4) is 5.75 Å². The van der Waals surface area contributed by atoms with Crippen LogP contribution >= 0.6 is 0 Å². The molecule has 3 aromatic rings. The number of fused-ring (bicyclic) bond motifs is 2. The van der Waals surface area contributed by atoms with Gasteiger partial charge in [-0.15, -0.1) is 0 Å². The van der Waals surface area contributed by atoms with E-state index in [0.29, 0.717) is 34.7 Å². The fourth-order valence-corrected chi connectivity index (χ4v) is 5.89. The predicted octanol–water partition coefficient (Wildman–Crippen LogP) is 3.92. The molecule has 38 heavy (non-hydrogen) atoms. The largest absolute Gasteiger partial charge is 0.490 e. The Morgan fingerprint density at radius 3 is 2.66 bits per heavy atom. The van der Waals surface area contributed by atoms with Crippen molar-refractivity contribution in [3.63, 3.8) is 0 Å². The Hall–Kier alpha value is -4.05. The smallest absolute Gasteiger partial charge is 0.307 e. The van der Waals surface area contributed by atoms with Crippen LogP contribution in [-0.4, -0.2) is 55.5 Å². The minimum Gasteiger partial charge on any atom is -0.490 e. The molecule has 0 saturated carbocycles. The van der Waals surface area contributed by atoms with Gasteiger partial charge in [0, 0.05) is 11.1 Å². The normalized spacial score (nSPS) is 19.0. The summed E-state index contributed by atoms with van der Waals surface area (Å²) in [5.74, 6) is -0.363. The van der Waals surface area contributed by atoms with Crippen molar-refractivity contribution in [1.29, 1.82) is 0 Å². The lowest BCUT2D eigenvalue weighted by molar-refractivity contribution is -0.136. The van der Waals surface area contributed by atoms with Gasteiger partial charge in [-0.2, -0.15) is 0 Å². The average molecular weight is 537 g/mol. The number of aliphatic carboxylic acids is 1. The third-order valence-corrected chi connectivity index (χ3v) is 7.84. The number of sulfonamides is 1. The van der Waals surface area contributed by atoms with Crippen LogP contribution < -0.4 is 9.04 Å². The highest BCUT2D eigenvalue weighted by molar-refractivity contribution is 7.92. The third kappa shape index (κ3) is 5.04. The van der Waals surface area contributed by atoms with E-state index in [1.54, 1.807) is 53.1 Å². The van der Waals surface area contributed by atoms with Gasteiger partial charge < -0.3 is 14.6 Å². The molecule has 5 rings (SSSR count). The van der Waals surface area contributed by atoms with Crippen LogP contribution in [0, 0.1) is 12.8 Å². The Morgan fingerprint density at radius 1 is 1.16 bits per heavy atom. The average Bonchev–Trinajstić information content (AvgIpc) is 3.22. The molecule has 10 heteroatoms. The Morgan fingerprint density at radius 2 is 1.95 bits per heavy atom. The summed E-state index contributed by atoms with van der Waals surface area (Å²) in [6.07, 6.45) is 6.37.